The van der Waals surface area contributed by atoms with Gasteiger partial charge in [-0.25, -0.2) is 4.79 Å². The predicted octanol–water partition coefficient (Wildman–Crippen LogP) is 3.57. The highest BCUT2D eigenvalue weighted by molar-refractivity contribution is 5.74. The van der Waals surface area contributed by atoms with Crippen LogP contribution < -0.4 is 20.1 Å². The molecule has 0 heterocycles. The Morgan fingerprint density at radius 3 is 2.54 bits per heavy atom. The number of aryl methyl sites for hydroxylation is 1. The summed E-state index contributed by atoms with van der Waals surface area (Å²) in [5.41, 5.74) is 3.15. The van der Waals surface area contributed by atoms with Gasteiger partial charge in [-0.3, -0.25) is 0 Å². The smallest absolute Gasteiger partial charge is 0.315 e. The number of carbonyl (C=O) groups excluding carboxylic acids is 1. The molecule has 5 heteroatoms. The van der Waals surface area contributed by atoms with E-state index in [4.69, 9.17) is 9.47 Å². The molecule has 24 heavy (non-hydrogen) atoms. The summed E-state index contributed by atoms with van der Waals surface area (Å²) in [5, 5.41) is 5.81. The summed E-state index contributed by atoms with van der Waals surface area (Å²) in [7, 11) is 3.21. The molecule has 2 aromatic carbocycles. The quantitative estimate of drug-likeness (QED) is 0.852. The molecule has 0 saturated heterocycles. The zero-order chi connectivity index (χ0) is 17.5. The van der Waals surface area contributed by atoms with Gasteiger partial charge in [-0.2, -0.15) is 0 Å². The highest BCUT2D eigenvalue weighted by Gasteiger charge is 2.14. The van der Waals surface area contributed by atoms with Crippen LogP contribution in [-0.4, -0.2) is 20.3 Å². The second-order valence-corrected chi connectivity index (χ2v) is 5.58. The van der Waals surface area contributed by atoms with Gasteiger partial charge in [0.2, 0.25) is 0 Å². The van der Waals surface area contributed by atoms with Gasteiger partial charge in [-0.1, -0.05) is 24.3 Å². The molecule has 2 N–H and O–H groups in total. The second-order valence-electron chi connectivity index (χ2n) is 5.58. The lowest BCUT2D eigenvalue weighted by molar-refractivity contribution is 0.237. The van der Waals surface area contributed by atoms with Crippen LogP contribution >= 0.6 is 0 Å². The molecule has 128 valence electrons. The minimum atomic E-state index is -0.219. The third kappa shape index (κ3) is 4.41. The summed E-state index contributed by atoms with van der Waals surface area (Å²) >= 11 is 0. The van der Waals surface area contributed by atoms with E-state index in [9.17, 15) is 4.79 Å². The second kappa shape index (κ2) is 8.24. The highest BCUT2D eigenvalue weighted by atomic mass is 16.5. The number of amides is 2. The summed E-state index contributed by atoms with van der Waals surface area (Å²) < 4.78 is 10.6. The normalized spacial score (nSPS) is 11.5. The summed E-state index contributed by atoms with van der Waals surface area (Å²) in [6.45, 7) is 4.43. The molecular formula is C19H24N2O3. The number of ether oxygens (including phenoxy) is 2. The van der Waals surface area contributed by atoms with Gasteiger partial charge in [0.05, 0.1) is 20.3 Å². The van der Waals surface area contributed by atoms with Gasteiger partial charge in [0, 0.05) is 18.2 Å². The van der Waals surface area contributed by atoms with Crippen molar-refractivity contribution in [2.45, 2.75) is 26.4 Å². The van der Waals surface area contributed by atoms with E-state index < -0.39 is 0 Å². The first-order valence-electron chi connectivity index (χ1n) is 7.86. The third-order valence-electron chi connectivity index (χ3n) is 3.96. The zero-order valence-electron chi connectivity index (χ0n) is 14.6. The Bertz CT molecular complexity index is 701. The molecule has 2 aromatic rings. The van der Waals surface area contributed by atoms with Crippen LogP contribution in [-0.2, 0) is 6.54 Å². The van der Waals surface area contributed by atoms with E-state index in [-0.39, 0.29) is 12.1 Å². The minimum Gasteiger partial charge on any atom is -0.497 e. The number of nitrogens with one attached hydrogen (secondary N) is 2. The van der Waals surface area contributed by atoms with Crippen molar-refractivity contribution >= 4 is 6.03 Å². The summed E-state index contributed by atoms with van der Waals surface area (Å²) in [6.07, 6.45) is 0. The van der Waals surface area contributed by atoms with Crippen LogP contribution in [0.5, 0.6) is 11.5 Å². The zero-order valence-corrected chi connectivity index (χ0v) is 14.6. The van der Waals surface area contributed by atoms with Crippen LogP contribution in [0, 0.1) is 6.92 Å². The first-order chi connectivity index (χ1) is 11.5. The van der Waals surface area contributed by atoms with Gasteiger partial charge in [0.25, 0.3) is 0 Å². The first kappa shape index (κ1) is 17.7. The standard InChI is InChI=1S/C19H24N2O3/c1-13-7-5-6-8-15(13)12-20-19(22)21-14(2)17-10-9-16(23-3)11-18(17)24-4/h5-11,14H,12H2,1-4H3,(H2,20,21,22). The van der Waals surface area contributed by atoms with Crippen molar-refractivity contribution in [1.82, 2.24) is 10.6 Å². The number of rotatable bonds is 6. The van der Waals surface area contributed by atoms with Crippen LogP contribution in [0.4, 0.5) is 4.79 Å². The van der Waals surface area contributed by atoms with Crippen LogP contribution in [0.1, 0.15) is 29.7 Å². The molecule has 0 saturated carbocycles. The van der Waals surface area contributed by atoms with Crippen molar-refractivity contribution in [3.05, 3.63) is 59.2 Å². The van der Waals surface area contributed by atoms with Crippen molar-refractivity contribution in [2.24, 2.45) is 0 Å². The Morgan fingerprint density at radius 1 is 1.12 bits per heavy atom. The van der Waals surface area contributed by atoms with Gasteiger partial charge in [0.15, 0.2) is 0 Å². The Kier molecular flexibility index (Phi) is 6.07. The summed E-state index contributed by atoms with van der Waals surface area (Å²) in [6, 6.07) is 13.1. The number of methoxy groups -OCH3 is 2. The van der Waals surface area contributed by atoms with E-state index in [2.05, 4.69) is 10.6 Å². The molecule has 0 bridgehead atoms. The number of benzene rings is 2. The molecule has 5 nitrogen and oxygen atoms in total. The molecule has 0 aromatic heterocycles. The number of carbonyl (C=O) groups is 1. The lowest BCUT2D eigenvalue weighted by Gasteiger charge is -2.18. The van der Waals surface area contributed by atoms with E-state index >= 15 is 0 Å². The highest BCUT2D eigenvalue weighted by Crippen LogP contribution is 2.29. The van der Waals surface area contributed by atoms with Crippen LogP contribution in [0.3, 0.4) is 0 Å². The topological polar surface area (TPSA) is 59.6 Å². The molecule has 2 rings (SSSR count). The third-order valence-corrected chi connectivity index (χ3v) is 3.96. The Balaban J connectivity index is 1.97. The van der Waals surface area contributed by atoms with Gasteiger partial charge >= 0.3 is 6.03 Å². The minimum absolute atomic E-state index is 0.192. The lowest BCUT2D eigenvalue weighted by Crippen LogP contribution is -2.36. The Labute approximate surface area is 143 Å². The molecule has 0 aliphatic rings. The van der Waals surface area contributed by atoms with Crippen molar-refractivity contribution in [1.29, 1.82) is 0 Å². The fourth-order valence-corrected chi connectivity index (χ4v) is 2.49. The monoisotopic (exact) mass is 328 g/mol. The molecular weight excluding hydrogens is 304 g/mol. The van der Waals surface area contributed by atoms with Crippen molar-refractivity contribution in [3.63, 3.8) is 0 Å². The maximum absolute atomic E-state index is 12.1. The number of hydrogen-bond acceptors (Lipinski definition) is 3. The Hall–Kier alpha value is -2.69. The van der Waals surface area contributed by atoms with E-state index in [1.54, 1.807) is 20.3 Å². The maximum Gasteiger partial charge on any atom is 0.315 e. The molecule has 0 aliphatic carbocycles. The number of urea groups is 1. The first-order valence-corrected chi connectivity index (χ1v) is 7.86. The number of hydrogen-bond donors (Lipinski definition) is 2. The molecule has 1 unspecified atom stereocenters. The van der Waals surface area contributed by atoms with Gasteiger partial charge in [-0.15, -0.1) is 0 Å². The predicted molar refractivity (Wildman–Crippen MR) is 94.5 cm³/mol. The SMILES string of the molecule is COc1ccc(C(C)NC(=O)NCc2ccccc2C)c(OC)c1. The van der Waals surface area contributed by atoms with Gasteiger partial charge in [-0.05, 0) is 37.1 Å². The van der Waals surface area contributed by atoms with Crippen molar-refractivity contribution in [3.8, 4) is 11.5 Å². The van der Waals surface area contributed by atoms with Gasteiger partial charge in [0.1, 0.15) is 11.5 Å². The van der Waals surface area contributed by atoms with Crippen LogP contribution in [0.15, 0.2) is 42.5 Å². The van der Waals surface area contributed by atoms with Gasteiger partial charge < -0.3 is 20.1 Å². The average Bonchev–Trinajstić information content (AvgIpc) is 2.60. The van der Waals surface area contributed by atoms with E-state index in [1.807, 2.05) is 50.2 Å². The van der Waals surface area contributed by atoms with E-state index in [1.165, 1.54) is 0 Å². The fraction of sp³-hybridized carbons (Fsp3) is 0.316. The van der Waals surface area contributed by atoms with Crippen LogP contribution in [0.2, 0.25) is 0 Å². The maximum atomic E-state index is 12.1. The molecule has 0 aliphatic heterocycles. The van der Waals surface area contributed by atoms with Crippen molar-refractivity contribution in [2.75, 3.05) is 14.2 Å². The average molecular weight is 328 g/mol. The van der Waals surface area contributed by atoms with E-state index in [0.29, 0.717) is 18.0 Å². The molecule has 1 atom stereocenters. The Morgan fingerprint density at radius 2 is 1.88 bits per heavy atom. The largest absolute Gasteiger partial charge is 0.497 e. The molecule has 2 amide bonds. The molecule has 0 fully saturated rings. The molecule has 0 spiro atoms. The van der Waals surface area contributed by atoms with Crippen molar-refractivity contribution < 1.29 is 14.3 Å². The molecule has 0 radical (unpaired) electrons. The fourth-order valence-electron chi connectivity index (χ4n) is 2.49. The summed E-state index contributed by atoms with van der Waals surface area (Å²) in [4.78, 5) is 12.1. The van der Waals surface area contributed by atoms with Crippen LogP contribution in [0.25, 0.3) is 0 Å². The lowest BCUT2D eigenvalue weighted by atomic mass is 10.1. The summed E-state index contributed by atoms with van der Waals surface area (Å²) in [5.74, 6) is 1.40. The van der Waals surface area contributed by atoms with E-state index in [0.717, 1.165) is 16.7 Å².